The van der Waals surface area contributed by atoms with Gasteiger partial charge in [0, 0.05) is 43.0 Å². The van der Waals surface area contributed by atoms with Crippen molar-refractivity contribution in [2.45, 2.75) is 81.3 Å². The predicted molar refractivity (Wildman–Crippen MR) is 203 cm³/mol. The number of amides is 1. The van der Waals surface area contributed by atoms with Crippen molar-refractivity contribution in [2.75, 3.05) is 39.5 Å². The number of thiazole rings is 1. The summed E-state index contributed by atoms with van der Waals surface area (Å²) in [6.45, 7) is 5.99. The molecule has 5 heterocycles. The Morgan fingerprint density at radius 3 is 2.26 bits per heavy atom. The molecule has 2 bridgehead atoms. The van der Waals surface area contributed by atoms with Crippen molar-refractivity contribution in [1.29, 1.82) is 0 Å². The number of sulfone groups is 1. The summed E-state index contributed by atoms with van der Waals surface area (Å²) < 4.78 is 131. The van der Waals surface area contributed by atoms with Gasteiger partial charge in [0.1, 0.15) is 26.2 Å². The molecule has 0 saturated carbocycles. The molecule has 21 heteroatoms. The molecule has 3 saturated heterocycles. The molecule has 0 aliphatic carbocycles. The molecule has 3 aliphatic rings. The topological polar surface area (TPSA) is 164 Å². The van der Waals surface area contributed by atoms with Crippen LogP contribution in [0, 0.1) is 11.6 Å². The number of likely N-dealkylation sites (tertiary alicyclic amines) is 1. The van der Waals surface area contributed by atoms with Crippen molar-refractivity contribution < 1.29 is 48.3 Å². The first-order chi connectivity index (χ1) is 26.7. The molecule has 0 radical (unpaired) electrons. The van der Waals surface area contributed by atoms with E-state index in [1.54, 1.807) is 36.5 Å². The maximum atomic E-state index is 16.6. The van der Waals surface area contributed by atoms with Crippen molar-refractivity contribution in [3.63, 3.8) is 0 Å². The third kappa shape index (κ3) is 8.64. The van der Waals surface area contributed by atoms with Gasteiger partial charge in [-0.25, -0.2) is 45.4 Å². The van der Waals surface area contributed by atoms with Gasteiger partial charge in [0.15, 0.2) is 10.9 Å². The Labute approximate surface area is 329 Å². The zero-order valence-electron chi connectivity index (χ0n) is 30.8. The summed E-state index contributed by atoms with van der Waals surface area (Å²) in [5.41, 5.74) is -3.13. The number of aromatic nitrogens is 3. The van der Waals surface area contributed by atoms with Gasteiger partial charge in [0.05, 0.1) is 39.0 Å². The number of hydrogen-bond acceptors (Lipinski definition) is 12. The van der Waals surface area contributed by atoms with Crippen molar-refractivity contribution in [2.24, 2.45) is 0 Å². The number of fused-ring (bicyclic) bond motifs is 2. The minimum Gasteiger partial charge on any atom is -0.444 e. The fourth-order valence-corrected chi connectivity index (χ4v) is 11.3. The number of halogens is 5. The molecule has 1 amide bonds. The van der Waals surface area contributed by atoms with Crippen LogP contribution in [-0.4, -0.2) is 91.1 Å². The average Bonchev–Trinajstić information content (AvgIpc) is 3.66. The number of nitrogens with one attached hydrogen (secondary N) is 2. The molecule has 2 aromatic carbocycles. The second-order valence-electron chi connectivity index (χ2n) is 15.1. The maximum absolute atomic E-state index is 16.6. The lowest BCUT2D eigenvalue weighted by atomic mass is 10.1. The number of ether oxygens (including phenoxy) is 1. The van der Waals surface area contributed by atoms with E-state index in [1.807, 2.05) is 0 Å². The monoisotopic (exact) mass is 855 g/mol. The second kappa shape index (κ2) is 14.9. The number of rotatable bonds is 8. The van der Waals surface area contributed by atoms with Crippen LogP contribution < -0.4 is 14.9 Å². The van der Waals surface area contributed by atoms with Gasteiger partial charge in [-0.15, -0.1) is 0 Å². The molecule has 0 spiro atoms. The summed E-state index contributed by atoms with van der Waals surface area (Å²) in [7, 11) is -8.47. The number of alkyl halides is 3. The highest BCUT2D eigenvalue weighted by molar-refractivity contribution is 7.92. The van der Waals surface area contributed by atoms with Crippen molar-refractivity contribution in [3.8, 4) is 21.8 Å². The van der Waals surface area contributed by atoms with Crippen molar-refractivity contribution >= 4 is 54.1 Å². The molecule has 13 nitrogen and oxygen atoms in total. The molecule has 57 heavy (non-hydrogen) atoms. The van der Waals surface area contributed by atoms with E-state index in [0.29, 0.717) is 66.6 Å². The average molecular weight is 856 g/mol. The fourth-order valence-electron chi connectivity index (χ4n) is 7.23. The van der Waals surface area contributed by atoms with Crippen LogP contribution in [0.1, 0.15) is 52.0 Å². The normalized spacial score (nSPS) is 20.1. The number of benzene rings is 2. The Hall–Kier alpha value is -4.63. The molecular formula is C36H38F5N7O6S3. The molecule has 3 fully saturated rings. The minimum atomic E-state index is -5.33. The van der Waals surface area contributed by atoms with Crippen LogP contribution in [0.25, 0.3) is 21.8 Å². The van der Waals surface area contributed by atoms with Gasteiger partial charge in [-0.1, -0.05) is 23.5 Å². The van der Waals surface area contributed by atoms with Crippen LogP contribution in [0.3, 0.4) is 0 Å². The van der Waals surface area contributed by atoms with Crippen LogP contribution in [0.15, 0.2) is 53.6 Å². The van der Waals surface area contributed by atoms with Gasteiger partial charge < -0.3 is 19.9 Å². The number of carbonyl (C=O) groups excluding carboxylic acids is 1. The maximum Gasteiger partial charge on any atom is 0.417 e. The summed E-state index contributed by atoms with van der Waals surface area (Å²) in [6, 6.07) is 6.24. The van der Waals surface area contributed by atoms with E-state index in [4.69, 9.17) is 9.72 Å². The van der Waals surface area contributed by atoms with Gasteiger partial charge in [-0.3, -0.25) is 4.72 Å². The molecular weight excluding hydrogens is 818 g/mol. The first-order valence-electron chi connectivity index (χ1n) is 17.9. The third-order valence-corrected chi connectivity index (χ3v) is 14.0. The number of anilines is 3. The summed E-state index contributed by atoms with van der Waals surface area (Å²) in [5, 5.41) is 3.62. The van der Waals surface area contributed by atoms with Crippen LogP contribution in [0.2, 0.25) is 0 Å². The Bertz CT molecular complexity index is 2400. The predicted octanol–water partition coefficient (Wildman–Crippen LogP) is 6.94. The largest absolute Gasteiger partial charge is 0.444 e. The lowest BCUT2D eigenvalue weighted by molar-refractivity contribution is -0.140. The van der Waals surface area contributed by atoms with Gasteiger partial charge in [0.25, 0.3) is 10.0 Å². The first kappa shape index (κ1) is 40.6. The molecule has 2 aromatic heterocycles. The zero-order valence-corrected chi connectivity index (χ0v) is 33.3. The number of nitrogens with zero attached hydrogens (tertiary/aromatic N) is 5. The van der Waals surface area contributed by atoms with Crippen LogP contribution in [0.4, 0.5) is 43.5 Å². The van der Waals surface area contributed by atoms with Crippen molar-refractivity contribution in [3.05, 3.63) is 65.9 Å². The lowest BCUT2D eigenvalue weighted by Crippen LogP contribution is -2.56. The number of piperazine rings is 1. The standard InChI is InChI=1S/C36H38F5N7O6S3/c1-35(2,3)54-34(49)47-18-21-10-11-22(19-47)48(21)33-45-29(30(55-33)27-12-15-42-32(44-27)43-20-13-16-56(50,51)17-14-20)23-6-4-9-26(28(23)38)46-57(52,53)31-24(36(39,40)41)7-5-8-25(31)37/h4-9,12,15,20-22,46H,10-11,13-14,16-19H2,1-3H3,(H,42,43,44). The molecule has 2 unspecified atom stereocenters. The van der Waals surface area contributed by atoms with Crippen LogP contribution >= 0.6 is 11.3 Å². The molecule has 3 aliphatic heterocycles. The smallest absolute Gasteiger partial charge is 0.417 e. The second-order valence-corrected chi connectivity index (χ2v) is 20.0. The van der Waals surface area contributed by atoms with E-state index >= 15 is 4.39 Å². The number of sulfonamides is 1. The Balaban J connectivity index is 1.27. The van der Waals surface area contributed by atoms with Gasteiger partial charge in [-0.2, -0.15) is 13.2 Å². The highest BCUT2D eigenvalue weighted by Crippen LogP contribution is 2.46. The van der Waals surface area contributed by atoms with Crippen molar-refractivity contribution in [1.82, 2.24) is 19.9 Å². The molecule has 2 N–H and O–H groups in total. The fraction of sp³-hybridized carbons (Fsp3) is 0.444. The van der Waals surface area contributed by atoms with Gasteiger partial charge in [-0.05, 0) is 76.8 Å². The van der Waals surface area contributed by atoms with Crippen LogP contribution in [-0.2, 0) is 30.8 Å². The minimum absolute atomic E-state index is 0.00401. The molecule has 2 atom stereocenters. The van der Waals surface area contributed by atoms with Crippen LogP contribution in [0.5, 0.6) is 0 Å². The number of hydrogen-bond donors (Lipinski definition) is 2. The quantitative estimate of drug-likeness (QED) is 0.177. The van der Waals surface area contributed by atoms with E-state index < -0.39 is 65.5 Å². The lowest BCUT2D eigenvalue weighted by Gasteiger charge is -2.41. The molecule has 4 aromatic rings. The highest BCUT2D eigenvalue weighted by atomic mass is 32.2. The summed E-state index contributed by atoms with van der Waals surface area (Å²) in [4.78, 5) is 29.2. The zero-order chi connectivity index (χ0) is 41.1. The van der Waals surface area contributed by atoms with E-state index in [-0.39, 0.29) is 46.8 Å². The Morgan fingerprint density at radius 1 is 0.947 bits per heavy atom. The molecule has 7 rings (SSSR count). The van der Waals surface area contributed by atoms with E-state index in [2.05, 4.69) is 20.2 Å². The first-order valence-corrected chi connectivity index (χ1v) is 22.1. The summed E-state index contributed by atoms with van der Waals surface area (Å²) in [6.07, 6.45) is -2.11. The Morgan fingerprint density at radius 2 is 1.61 bits per heavy atom. The highest BCUT2D eigenvalue weighted by Gasteiger charge is 2.44. The Kier molecular flexibility index (Phi) is 10.6. The van der Waals surface area contributed by atoms with E-state index in [9.17, 15) is 39.2 Å². The van der Waals surface area contributed by atoms with E-state index in [1.165, 1.54) is 29.7 Å². The summed E-state index contributed by atoms with van der Waals surface area (Å²) in [5.74, 6) is -2.69. The van der Waals surface area contributed by atoms with E-state index in [0.717, 1.165) is 12.1 Å². The summed E-state index contributed by atoms with van der Waals surface area (Å²) >= 11 is 1.17. The number of carbonyl (C=O) groups is 1. The SMILES string of the molecule is CC(C)(C)OC(=O)N1CC2CCC(C1)N2c1nc(-c2cccc(NS(=O)(=O)c3c(F)cccc3C(F)(F)F)c2F)c(-c2ccnc(NC3CCS(=O)(=O)CC3)n2)s1. The van der Waals surface area contributed by atoms with Gasteiger partial charge >= 0.3 is 12.3 Å². The third-order valence-electron chi connectivity index (χ3n) is 9.79. The molecule has 306 valence electrons. The van der Waals surface area contributed by atoms with Gasteiger partial charge in [0.2, 0.25) is 5.95 Å².